The van der Waals surface area contributed by atoms with Crippen LogP contribution in [0.25, 0.3) is 0 Å². The van der Waals surface area contributed by atoms with Crippen LogP contribution in [0.4, 0.5) is 4.79 Å². The summed E-state index contributed by atoms with van der Waals surface area (Å²) in [5.41, 5.74) is 2.29. The Kier molecular flexibility index (Phi) is 8.12. The molecule has 2 aromatic carbocycles. The summed E-state index contributed by atoms with van der Waals surface area (Å²) in [4.78, 5) is 14.0. The molecule has 4 nitrogen and oxygen atoms in total. The number of carbonyl (C=O) groups excluding carboxylic acids is 1. The van der Waals surface area contributed by atoms with E-state index in [1.165, 1.54) is 11.8 Å². The number of nitrogens with zero attached hydrogens (tertiary/aromatic N) is 1. The van der Waals surface area contributed by atoms with Gasteiger partial charge >= 0.3 is 0 Å². The molecule has 0 saturated carbocycles. The lowest BCUT2D eigenvalue weighted by atomic mass is 10.2. The van der Waals surface area contributed by atoms with Crippen LogP contribution in [0, 0.1) is 0 Å². The van der Waals surface area contributed by atoms with E-state index in [0.717, 1.165) is 43.1 Å². The van der Waals surface area contributed by atoms with E-state index in [9.17, 15) is 4.79 Å². The van der Waals surface area contributed by atoms with Crippen molar-refractivity contribution in [2.45, 2.75) is 12.4 Å². The van der Waals surface area contributed by atoms with Crippen LogP contribution in [0.15, 0.2) is 54.6 Å². The van der Waals surface area contributed by atoms with Gasteiger partial charge in [-0.3, -0.25) is 4.79 Å². The van der Waals surface area contributed by atoms with Crippen molar-refractivity contribution in [1.29, 1.82) is 0 Å². The van der Waals surface area contributed by atoms with Crippen molar-refractivity contribution in [3.8, 4) is 5.75 Å². The van der Waals surface area contributed by atoms with Crippen molar-refractivity contribution < 1.29 is 9.53 Å². The first-order valence-electron chi connectivity index (χ1n) is 8.19. The molecule has 1 aliphatic heterocycles. The molecule has 1 saturated heterocycles. The molecule has 0 unspecified atom stereocenters. The maximum Gasteiger partial charge on any atom is 0.282 e. The maximum absolute atomic E-state index is 12.1. The highest BCUT2D eigenvalue weighted by Gasteiger charge is 2.16. The smallest absolute Gasteiger partial charge is 0.282 e. The Bertz CT molecular complexity index is 646. The molecule has 3 rings (SSSR count). The van der Waals surface area contributed by atoms with Crippen molar-refractivity contribution in [2.75, 3.05) is 26.2 Å². The Balaban J connectivity index is 0.00000225. The van der Waals surface area contributed by atoms with Crippen molar-refractivity contribution in [1.82, 2.24) is 10.2 Å². The van der Waals surface area contributed by atoms with Crippen molar-refractivity contribution >= 4 is 29.4 Å². The summed E-state index contributed by atoms with van der Waals surface area (Å²) >= 11 is 1.37. The normalized spacial score (nSPS) is 13.8. The van der Waals surface area contributed by atoms with Crippen LogP contribution in [0.1, 0.15) is 11.1 Å². The molecule has 0 spiro atoms. The van der Waals surface area contributed by atoms with E-state index in [0.29, 0.717) is 12.4 Å². The Hall–Kier alpha value is -1.69. The van der Waals surface area contributed by atoms with E-state index in [1.54, 1.807) is 0 Å². The Labute approximate surface area is 159 Å². The Morgan fingerprint density at radius 3 is 2.36 bits per heavy atom. The van der Waals surface area contributed by atoms with Gasteiger partial charge in [0.15, 0.2) is 0 Å². The van der Waals surface area contributed by atoms with Crippen molar-refractivity contribution in [3.63, 3.8) is 0 Å². The van der Waals surface area contributed by atoms with Gasteiger partial charge in [0.1, 0.15) is 12.4 Å². The predicted molar refractivity (Wildman–Crippen MR) is 106 cm³/mol. The minimum Gasteiger partial charge on any atom is -0.489 e. The summed E-state index contributed by atoms with van der Waals surface area (Å²) in [5.74, 6) is 1.54. The average Bonchev–Trinajstić information content (AvgIpc) is 2.67. The van der Waals surface area contributed by atoms with Crippen LogP contribution in [0.5, 0.6) is 5.75 Å². The number of thioether (sulfide) groups is 1. The third-order valence-electron chi connectivity index (χ3n) is 3.91. The van der Waals surface area contributed by atoms with E-state index in [4.69, 9.17) is 4.74 Å². The molecule has 0 aromatic heterocycles. The number of ether oxygens (including phenoxy) is 1. The van der Waals surface area contributed by atoms with Gasteiger partial charge in [-0.2, -0.15) is 0 Å². The summed E-state index contributed by atoms with van der Waals surface area (Å²) < 4.78 is 5.78. The number of hydrogen-bond acceptors (Lipinski definition) is 4. The molecule has 25 heavy (non-hydrogen) atoms. The lowest BCUT2D eigenvalue weighted by Crippen LogP contribution is -2.45. The first kappa shape index (κ1) is 19.6. The molecule has 0 atom stereocenters. The molecule has 2 aromatic rings. The molecule has 1 heterocycles. The summed E-state index contributed by atoms with van der Waals surface area (Å²) in [6.07, 6.45) is 0. The highest BCUT2D eigenvalue weighted by molar-refractivity contribution is 8.12. The molecule has 1 fully saturated rings. The van der Waals surface area contributed by atoms with Gasteiger partial charge in [-0.25, -0.2) is 0 Å². The fourth-order valence-electron chi connectivity index (χ4n) is 2.51. The third kappa shape index (κ3) is 6.27. The van der Waals surface area contributed by atoms with E-state index >= 15 is 0 Å². The molecular formula is C19H23ClN2O2S. The van der Waals surface area contributed by atoms with Gasteiger partial charge in [0.05, 0.1) is 0 Å². The molecule has 1 N–H and O–H groups in total. The second kappa shape index (κ2) is 10.3. The number of rotatable bonds is 5. The minimum absolute atomic E-state index is 0. The highest BCUT2D eigenvalue weighted by atomic mass is 35.5. The van der Waals surface area contributed by atoms with Crippen molar-refractivity contribution in [3.05, 3.63) is 65.7 Å². The monoisotopic (exact) mass is 378 g/mol. The van der Waals surface area contributed by atoms with Crippen LogP contribution >= 0.6 is 24.2 Å². The maximum atomic E-state index is 12.1. The number of nitrogens with one attached hydrogen (secondary N) is 1. The molecule has 6 heteroatoms. The summed E-state index contributed by atoms with van der Waals surface area (Å²) in [5, 5.41) is 3.42. The van der Waals surface area contributed by atoms with Gasteiger partial charge in [-0.15, -0.1) is 12.4 Å². The van der Waals surface area contributed by atoms with Gasteiger partial charge in [0.25, 0.3) is 5.24 Å². The van der Waals surface area contributed by atoms with E-state index in [1.807, 2.05) is 59.5 Å². The van der Waals surface area contributed by atoms with Crippen LogP contribution in [-0.2, 0) is 12.4 Å². The zero-order valence-electron chi connectivity index (χ0n) is 14.0. The molecule has 1 amide bonds. The number of amides is 1. The molecule has 0 bridgehead atoms. The third-order valence-corrected chi connectivity index (χ3v) is 4.89. The lowest BCUT2D eigenvalue weighted by Gasteiger charge is -2.26. The number of benzene rings is 2. The molecular weight excluding hydrogens is 356 g/mol. The zero-order chi connectivity index (χ0) is 16.6. The molecule has 0 radical (unpaired) electrons. The van der Waals surface area contributed by atoms with Gasteiger partial charge in [0.2, 0.25) is 0 Å². The standard InChI is InChI=1S/C19H22N2O2S.ClH/c22-19(21-12-10-20-11-13-21)24-15-17-6-8-18(9-7-17)23-14-16-4-2-1-3-5-16;/h1-9,20H,10-15H2;1H. The number of hydrogen-bond donors (Lipinski definition) is 1. The van der Waals surface area contributed by atoms with Gasteiger partial charge in [-0.05, 0) is 23.3 Å². The molecule has 0 aliphatic carbocycles. The predicted octanol–water partition coefficient (Wildman–Crippen LogP) is 3.95. The SMILES string of the molecule is Cl.O=C(SCc1ccc(OCc2ccccc2)cc1)N1CCNCC1. The average molecular weight is 379 g/mol. The fraction of sp³-hybridized carbons (Fsp3) is 0.316. The van der Waals surface area contributed by atoms with Gasteiger partial charge in [0, 0.05) is 31.9 Å². The molecule has 134 valence electrons. The van der Waals surface area contributed by atoms with Crippen LogP contribution in [0.2, 0.25) is 0 Å². The highest BCUT2D eigenvalue weighted by Crippen LogP contribution is 2.20. The van der Waals surface area contributed by atoms with Gasteiger partial charge < -0.3 is 15.0 Å². The second-order valence-electron chi connectivity index (χ2n) is 5.71. The van der Waals surface area contributed by atoms with Crippen molar-refractivity contribution in [2.24, 2.45) is 0 Å². The van der Waals surface area contributed by atoms with E-state index in [-0.39, 0.29) is 17.6 Å². The fourth-order valence-corrected chi connectivity index (χ4v) is 3.35. The Morgan fingerprint density at radius 1 is 1.00 bits per heavy atom. The number of carbonyl (C=O) groups is 1. The second-order valence-corrected chi connectivity index (χ2v) is 6.64. The van der Waals surface area contributed by atoms with Crippen LogP contribution < -0.4 is 10.1 Å². The van der Waals surface area contributed by atoms with Crippen LogP contribution in [-0.4, -0.2) is 36.3 Å². The first-order valence-corrected chi connectivity index (χ1v) is 9.18. The Morgan fingerprint density at radius 2 is 1.68 bits per heavy atom. The zero-order valence-corrected chi connectivity index (χ0v) is 15.7. The summed E-state index contributed by atoms with van der Waals surface area (Å²) in [6, 6.07) is 18.1. The topological polar surface area (TPSA) is 41.6 Å². The van der Waals surface area contributed by atoms with Gasteiger partial charge in [-0.1, -0.05) is 54.2 Å². The van der Waals surface area contributed by atoms with Crippen LogP contribution in [0.3, 0.4) is 0 Å². The number of piperazine rings is 1. The number of halogens is 1. The van der Waals surface area contributed by atoms with E-state index < -0.39 is 0 Å². The summed E-state index contributed by atoms with van der Waals surface area (Å²) in [6.45, 7) is 3.95. The minimum atomic E-state index is 0. The largest absolute Gasteiger partial charge is 0.489 e. The quantitative estimate of drug-likeness (QED) is 0.855. The summed E-state index contributed by atoms with van der Waals surface area (Å²) in [7, 11) is 0. The molecule has 1 aliphatic rings. The van der Waals surface area contributed by atoms with E-state index in [2.05, 4.69) is 5.32 Å². The first-order chi connectivity index (χ1) is 11.8. The lowest BCUT2D eigenvalue weighted by molar-refractivity contribution is 0.215.